The molecule has 0 saturated carbocycles. The summed E-state index contributed by atoms with van der Waals surface area (Å²) in [6.45, 7) is 7.54. The Morgan fingerprint density at radius 3 is 2.32 bits per heavy atom. The van der Waals surface area contributed by atoms with Crippen molar-refractivity contribution < 1.29 is 14.3 Å². The average molecular weight is 535 g/mol. The number of carbonyl (C=O) groups excluding carboxylic acids is 2. The molecule has 2 aromatic heterocycles. The molecule has 0 saturated heterocycles. The molecular weight excluding hydrogens is 504 g/mol. The third-order valence-corrected chi connectivity index (χ3v) is 7.48. The minimum atomic E-state index is -0.674. The quantitative estimate of drug-likeness (QED) is 0.388. The lowest BCUT2D eigenvalue weighted by atomic mass is 10.1. The van der Waals surface area contributed by atoms with Crippen LogP contribution < -0.4 is 21.3 Å². The van der Waals surface area contributed by atoms with Crippen molar-refractivity contribution in [2.45, 2.75) is 34.2 Å². The van der Waals surface area contributed by atoms with E-state index in [2.05, 4.69) is 5.32 Å². The van der Waals surface area contributed by atoms with Gasteiger partial charge in [0.25, 0.3) is 11.5 Å². The predicted octanol–water partition coefficient (Wildman–Crippen LogP) is 3.88. The minimum Gasteiger partial charge on any atom is -0.494 e. The van der Waals surface area contributed by atoms with Crippen molar-refractivity contribution in [3.05, 3.63) is 84.9 Å². The zero-order valence-electron chi connectivity index (χ0n) is 22.2. The third-order valence-electron chi connectivity index (χ3n) is 6.18. The van der Waals surface area contributed by atoms with E-state index in [1.54, 1.807) is 45.3 Å². The molecular formula is C28H30N4O5S. The number of anilines is 1. The Labute approximate surface area is 223 Å². The maximum atomic E-state index is 13.8. The van der Waals surface area contributed by atoms with Crippen molar-refractivity contribution in [1.29, 1.82) is 0 Å². The molecule has 198 valence electrons. The van der Waals surface area contributed by atoms with Crippen LogP contribution in [0.15, 0.2) is 52.1 Å². The van der Waals surface area contributed by atoms with Gasteiger partial charge in [0.2, 0.25) is 5.91 Å². The molecule has 0 atom stereocenters. The normalized spacial score (nSPS) is 11.0. The second-order valence-electron chi connectivity index (χ2n) is 9.24. The number of hydrogen-bond donors (Lipinski definition) is 1. The molecule has 1 N–H and O–H groups in total. The highest BCUT2D eigenvalue weighted by molar-refractivity contribution is 7.20. The molecule has 0 aliphatic carbocycles. The van der Waals surface area contributed by atoms with E-state index in [9.17, 15) is 19.2 Å². The summed E-state index contributed by atoms with van der Waals surface area (Å²) in [5.74, 6) is -0.109. The van der Waals surface area contributed by atoms with E-state index in [4.69, 9.17) is 4.74 Å². The van der Waals surface area contributed by atoms with Gasteiger partial charge >= 0.3 is 5.69 Å². The number of carbonyl (C=O) groups is 2. The largest absolute Gasteiger partial charge is 0.494 e. The van der Waals surface area contributed by atoms with Gasteiger partial charge in [-0.2, -0.15) is 0 Å². The van der Waals surface area contributed by atoms with Crippen molar-refractivity contribution >= 4 is 39.1 Å². The highest BCUT2D eigenvalue weighted by Gasteiger charge is 2.25. The van der Waals surface area contributed by atoms with Crippen LogP contribution in [-0.2, 0) is 11.3 Å². The van der Waals surface area contributed by atoms with Gasteiger partial charge in [-0.25, -0.2) is 9.36 Å². The fraction of sp³-hybridized carbons (Fsp3) is 0.286. The van der Waals surface area contributed by atoms with Gasteiger partial charge in [-0.05, 0) is 69.2 Å². The Morgan fingerprint density at radius 1 is 1.03 bits per heavy atom. The maximum absolute atomic E-state index is 13.8. The van der Waals surface area contributed by atoms with Gasteiger partial charge in [-0.15, -0.1) is 11.3 Å². The van der Waals surface area contributed by atoms with E-state index < -0.39 is 17.2 Å². The second kappa shape index (κ2) is 10.7. The number of thiophene rings is 1. The van der Waals surface area contributed by atoms with Crippen molar-refractivity contribution in [1.82, 2.24) is 14.0 Å². The molecule has 0 fully saturated rings. The standard InChI is InChI=1S/C28H30N4O5S/c1-7-37-20-11-9-19(10-12-20)32-25(34)23-18(4)24(26(35)30(5)6)38-27(23)31(28(32)36)15-22(33)29-21-13-8-16(2)14-17(21)3/h8-14H,7,15H2,1-6H3,(H,29,33). The van der Waals surface area contributed by atoms with Crippen LogP contribution in [0, 0.1) is 20.8 Å². The van der Waals surface area contributed by atoms with Gasteiger partial charge in [0.05, 0.1) is 22.6 Å². The lowest BCUT2D eigenvalue weighted by molar-refractivity contribution is -0.116. The Balaban J connectivity index is 1.90. The van der Waals surface area contributed by atoms with E-state index in [1.807, 2.05) is 39.0 Å². The number of nitrogens with one attached hydrogen (secondary N) is 1. The Bertz CT molecular complexity index is 1660. The molecule has 9 nitrogen and oxygen atoms in total. The van der Waals surface area contributed by atoms with Crippen molar-refractivity contribution in [2.24, 2.45) is 0 Å². The fourth-order valence-electron chi connectivity index (χ4n) is 4.27. The minimum absolute atomic E-state index is 0.230. The molecule has 0 radical (unpaired) electrons. The number of benzene rings is 2. The summed E-state index contributed by atoms with van der Waals surface area (Å²) < 4.78 is 7.78. The number of ether oxygens (including phenoxy) is 1. The zero-order valence-corrected chi connectivity index (χ0v) is 23.1. The molecule has 0 bridgehead atoms. The Kier molecular flexibility index (Phi) is 7.54. The molecule has 10 heteroatoms. The maximum Gasteiger partial charge on any atom is 0.337 e. The van der Waals surface area contributed by atoms with Crippen LogP contribution in [0.3, 0.4) is 0 Å². The van der Waals surface area contributed by atoms with Crippen molar-refractivity contribution in [3.8, 4) is 11.4 Å². The lowest BCUT2D eigenvalue weighted by Crippen LogP contribution is -2.40. The van der Waals surface area contributed by atoms with E-state index >= 15 is 0 Å². The highest BCUT2D eigenvalue weighted by atomic mass is 32.1. The molecule has 2 heterocycles. The van der Waals surface area contributed by atoms with Crippen LogP contribution in [0.25, 0.3) is 15.9 Å². The molecule has 4 aromatic rings. The van der Waals surface area contributed by atoms with Gasteiger partial charge in [0, 0.05) is 19.8 Å². The van der Waals surface area contributed by atoms with Crippen LogP contribution in [0.2, 0.25) is 0 Å². The smallest absolute Gasteiger partial charge is 0.337 e. The Morgan fingerprint density at radius 2 is 1.71 bits per heavy atom. The number of aromatic nitrogens is 2. The molecule has 2 aromatic carbocycles. The second-order valence-corrected chi connectivity index (χ2v) is 10.2. The van der Waals surface area contributed by atoms with Crippen molar-refractivity contribution in [3.63, 3.8) is 0 Å². The number of amides is 2. The summed E-state index contributed by atoms with van der Waals surface area (Å²) in [7, 11) is 3.24. The first-order chi connectivity index (χ1) is 18.0. The first kappa shape index (κ1) is 26.9. The SMILES string of the molecule is CCOc1ccc(-n2c(=O)c3c(C)c(C(=O)N(C)C)sc3n(CC(=O)Nc3ccc(C)cc3C)c2=O)cc1. The molecule has 2 amide bonds. The topological polar surface area (TPSA) is 103 Å². The summed E-state index contributed by atoms with van der Waals surface area (Å²) in [6.07, 6.45) is 0. The number of nitrogens with zero attached hydrogens (tertiary/aromatic N) is 3. The van der Waals surface area contributed by atoms with Crippen LogP contribution in [0.1, 0.15) is 33.3 Å². The van der Waals surface area contributed by atoms with Crippen molar-refractivity contribution in [2.75, 3.05) is 26.0 Å². The molecule has 0 aliphatic heterocycles. The van der Waals surface area contributed by atoms with Gasteiger partial charge in [0.15, 0.2) is 0 Å². The zero-order chi connectivity index (χ0) is 27.7. The fourth-order valence-corrected chi connectivity index (χ4v) is 5.58. The van der Waals surface area contributed by atoms with Crippen LogP contribution >= 0.6 is 11.3 Å². The molecule has 38 heavy (non-hydrogen) atoms. The van der Waals surface area contributed by atoms with Gasteiger partial charge < -0.3 is 15.0 Å². The van der Waals surface area contributed by atoms with Gasteiger partial charge in [0.1, 0.15) is 17.1 Å². The first-order valence-corrected chi connectivity index (χ1v) is 13.0. The van der Waals surface area contributed by atoms with E-state index in [-0.39, 0.29) is 22.7 Å². The van der Waals surface area contributed by atoms with Crippen LogP contribution in [0.4, 0.5) is 5.69 Å². The number of hydrogen-bond acceptors (Lipinski definition) is 6. The predicted molar refractivity (Wildman–Crippen MR) is 150 cm³/mol. The number of aryl methyl sites for hydroxylation is 3. The molecule has 4 rings (SSSR count). The number of fused-ring (bicyclic) bond motifs is 1. The third kappa shape index (κ3) is 4.99. The van der Waals surface area contributed by atoms with Crippen LogP contribution in [0.5, 0.6) is 5.75 Å². The summed E-state index contributed by atoms with van der Waals surface area (Å²) in [5.41, 5.74) is 2.17. The monoisotopic (exact) mass is 534 g/mol. The summed E-state index contributed by atoms with van der Waals surface area (Å²) in [6, 6.07) is 12.2. The number of rotatable bonds is 7. The van der Waals surface area contributed by atoms with E-state index in [0.29, 0.717) is 34.2 Å². The van der Waals surface area contributed by atoms with Gasteiger partial charge in [-0.3, -0.25) is 19.0 Å². The summed E-state index contributed by atoms with van der Waals surface area (Å²) >= 11 is 1.04. The first-order valence-electron chi connectivity index (χ1n) is 12.1. The lowest BCUT2D eigenvalue weighted by Gasteiger charge is -2.14. The molecule has 0 spiro atoms. The van der Waals surface area contributed by atoms with Gasteiger partial charge in [-0.1, -0.05) is 17.7 Å². The molecule has 0 unspecified atom stereocenters. The molecule has 0 aliphatic rings. The summed E-state index contributed by atoms with van der Waals surface area (Å²) in [4.78, 5) is 55.5. The highest BCUT2D eigenvalue weighted by Crippen LogP contribution is 2.29. The van der Waals surface area contributed by atoms with E-state index in [1.165, 1.54) is 9.47 Å². The van der Waals surface area contributed by atoms with Crippen LogP contribution in [-0.4, -0.2) is 46.6 Å². The van der Waals surface area contributed by atoms with E-state index in [0.717, 1.165) is 27.0 Å². The Hall–Kier alpha value is -4.18. The summed E-state index contributed by atoms with van der Waals surface area (Å²) in [5, 5.41) is 3.09. The average Bonchev–Trinajstić information content (AvgIpc) is 3.21.